The van der Waals surface area contributed by atoms with E-state index in [0.717, 1.165) is 24.5 Å². The molecule has 0 bridgehead atoms. The van der Waals surface area contributed by atoms with Crippen LogP contribution in [0.25, 0.3) is 0 Å². The molecule has 2 aromatic rings. The topological polar surface area (TPSA) is 26.7 Å². The van der Waals surface area contributed by atoms with Crippen LogP contribution in [-0.4, -0.2) is 25.2 Å². The fourth-order valence-electron chi connectivity index (χ4n) is 2.76. The van der Waals surface area contributed by atoms with Gasteiger partial charge in [-0.05, 0) is 36.8 Å². The fourth-order valence-corrected chi connectivity index (χ4v) is 2.76. The van der Waals surface area contributed by atoms with Crippen LogP contribution in [-0.2, 0) is 0 Å². The van der Waals surface area contributed by atoms with E-state index in [4.69, 9.17) is 0 Å². The van der Waals surface area contributed by atoms with Crippen molar-refractivity contribution in [2.45, 2.75) is 13.0 Å². The van der Waals surface area contributed by atoms with Crippen molar-refractivity contribution in [2.24, 2.45) is 0 Å². The van der Waals surface area contributed by atoms with Gasteiger partial charge in [0.15, 0.2) is 0 Å². The molecular formula is C17H19FN2O. The number of benzene rings is 2. The average molecular weight is 286 g/mol. The Morgan fingerprint density at radius 3 is 2.43 bits per heavy atom. The third-order valence-electron chi connectivity index (χ3n) is 3.99. The number of nitrogens with zero attached hydrogens (tertiary/aromatic N) is 2. The van der Waals surface area contributed by atoms with Crippen molar-refractivity contribution in [1.29, 1.82) is 0 Å². The summed E-state index contributed by atoms with van der Waals surface area (Å²) in [5.41, 5.74) is 3.26. The smallest absolute Gasteiger partial charge is 0.147 e. The van der Waals surface area contributed by atoms with Gasteiger partial charge in [-0.1, -0.05) is 18.2 Å². The van der Waals surface area contributed by atoms with Crippen LogP contribution in [0.5, 0.6) is 0 Å². The Kier molecular flexibility index (Phi) is 3.55. The summed E-state index contributed by atoms with van der Waals surface area (Å²) in [7, 11) is 2.04. The molecule has 0 spiro atoms. The Morgan fingerprint density at radius 1 is 1.05 bits per heavy atom. The van der Waals surface area contributed by atoms with E-state index in [1.54, 1.807) is 19.1 Å². The minimum absolute atomic E-state index is 0.298. The molecule has 4 heteroatoms. The number of hydrogen-bond acceptors (Lipinski definition) is 3. The van der Waals surface area contributed by atoms with Crippen molar-refractivity contribution in [3.05, 3.63) is 53.8 Å². The summed E-state index contributed by atoms with van der Waals surface area (Å²) in [6.07, 6.45) is -0.659. The van der Waals surface area contributed by atoms with Gasteiger partial charge >= 0.3 is 0 Å². The maximum absolute atomic E-state index is 14.4. The number of aliphatic hydroxyl groups excluding tert-OH is 1. The molecule has 3 nitrogen and oxygen atoms in total. The minimum atomic E-state index is -0.659. The van der Waals surface area contributed by atoms with Gasteiger partial charge in [-0.25, -0.2) is 4.39 Å². The monoisotopic (exact) mass is 286 g/mol. The molecule has 0 radical (unpaired) electrons. The highest BCUT2D eigenvalue weighted by molar-refractivity contribution is 5.79. The first-order chi connectivity index (χ1) is 10.1. The minimum Gasteiger partial charge on any atom is -0.389 e. The van der Waals surface area contributed by atoms with E-state index >= 15 is 0 Å². The lowest BCUT2D eigenvalue weighted by atomic mass is 10.1. The van der Waals surface area contributed by atoms with Crippen LogP contribution in [0.4, 0.5) is 21.5 Å². The molecule has 1 aliphatic heterocycles. The molecule has 1 atom stereocenters. The first-order valence-corrected chi connectivity index (χ1v) is 7.13. The first-order valence-electron chi connectivity index (χ1n) is 7.13. The zero-order valence-corrected chi connectivity index (χ0v) is 12.3. The highest BCUT2D eigenvalue weighted by Gasteiger charge is 2.23. The summed E-state index contributed by atoms with van der Waals surface area (Å²) in [6, 6.07) is 13.0. The number of para-hydroxylation sites is 2. The van der Waals surface area contributed by atoms with Crippen LogP contribution in [0.2, 0.25) is 0 Å². The number of likely N-dealkylation sites (N-methyl/N-ethyl adjacent to an activating group) is 1. The van der Waals surface area contributed by atoms with Gasteiger partial charge in [-0.15, -0.1) is 0 Å². The number of halogens is 1. The Hall–Kier alpha value is -2.07. The molecule has 110 valence electrons. The van der Waals surface area contributed by atoms with Gasteiger partial charge in [-0.2, -0.15) is 0 Å². The predicted molar refractivity (Wildman–Crippen MR) is 83.8 cm³/mol. The number of hydrogen-bond donors (Lipinski definition) is 1. The van der Waals surface area contributed by atoms with Gasteiger partial charge < -0.3 is 14.9 Å². The average Bonchev–Trinajstić information content (AvgIpc) is 2.48. The maximum Gasteiger partial charge on any atom is 0.147 e. The molecule has 0 amide bonds. The summed E-state index contributed by atoms with van der Waals surface area (Å²) < 4.78 is 14.4. The largest absolute Gasteiger partial charge is 0.389 e. The first kappa shape index (κ1) is 13.9. The van der Waals surface area contributed by atoms with Crippen LogP contribution in [0.15, 0.2) is 42.5 Å². The Morgan fingerprint density at radius 2 is 1.76 bits per heavy atom. The van der Waals surface area contributed by atoms with Gasteiger partial charge in [0, 0.05) is 20.1 Å². The Bertz CT molecular complexity index is 657. The molecule has 2 aromatic carbocycles. The summed E-state index contributed by atoms with van der Waals surface area (Å²) in [5.74, 6) is -0.298. The Balaban J connectivity index is 2.04. The molecule has 1 heterocycles. The second-order valence-corrected chi connectivity index (χ2v) is 5.45. The van der Waals surface area contributed by atoms with Crippen molar-refractivity contribution < 1.29 is 9.50 Å². The normalized spacial score (nSPS) is 15.8. The summed E-state index contributed by atoms with van der Waals surface area (Å²) >= 11 is 0. The molecule has 0 aromatic heterocycles. The number of aliphatic hydroxyl groups is 1. The van der Waals surface area contributed by atoms with Crippen LogP contribution in [0, 0.1) is 5.82 Å². The molecule has 0 fully saturated rings. The number of rotatable bonds is 2. The van der Waals surface area contributed by atoms with Crippen LogP contribution >= 0.6 is 0 Å². The molecule has 0 unspecified atom stereocenters. The van der Waals surface area contributed by atoms with Gasteiger partial charge in [0.25, 0.3) is 0 Å². The van der Waals surface area contributed by atoms with E-state index in [9.17, 15) is 9.50 Å². The second kappa shape index (κ2) is 5.37. The van der Waals surface area contributed by atoms with Gasteiger partial charge in [-0.3, -0.25) is 0 Å². The third kappa shape index (κ3) is 2.47. The van der Waals surface area contributed by atoms with E-state index in [1.807, 2.05) is 36.2 Å². The lowest BCUT2D eigenvalue weighted by Gasteiger charge is -2.37. The zero-order valence-electron chi connectivity index (χ0n) is 12.3. The molecule has 1 aliphatic rings. The highest BCUT2D eigenvalue weighted by atomic mass is 19.1. The van der Waals surface area contributed by atoms with E-state index in [0.29, 0.717) is 11.3 Å². The zero-order chi connectivity index (χ0) is 15.0. The predicted octanol–water partition coefficient (Wildman–Crippen LogP) is 3.47. The van der Waals surface area contributed by atoms with E-state index in [2.05, 4.69) is 4.90 Å². The Labute approximate surface area is 124 Å². The van der Waals surface area contributed by atoms with E-state index < -0.39 is 6.10 Å². The van der Waals surface area contributed by atoms with Crippen LogP contribution < -0.4 is 9.80 Å². The van der Waals surface area contributed by atoms with Crippen molar-refractivity contribution in [2.75, 3.05) is 29.9 Å². The molecule has 0 aliphatic carbocycles. The third-order valence-corrected chi connectivity index (χ3v) is 3.99. The van der Waals surface area contributed by atoms with Crippen molar-refractivity contribution in [3.63, 3.8) is 0 Å². The molecule has 0 saturated carbocycles. The van der Waals surface area contributed by atoms with Crippen LogP contribution in [0.1, 0.15) is 18.6 Å². The van der Waals surface area contributed by atoms with Crippen molar-refractivity contribution in [1.82, 2.24) is 0 Å². The molecule has 1 N–H and O–H groups in total. The standard InChI is InChI=1S/C17H19FN2O/c1-12(21)13-7-8-15(14(18)11-13)20-10-9-19(2)16-5-3-4-6-17(16)20/h3-8,11-12,21H,9-10H2,1-2H3/t12-/m0/s1. The number of anilines is 3. The SMILES string of the molecule is C[C@H](O)c1ccc(N2CCN(C)c3ccccc32)c(F)c1. The van der Waals surface area contributed by atoms with Crippen molar-refractivity contribution >= 4 is 17.1 Å². The molecular weight excluding hydrogens is 267 g/mol. The lowest BCUT2D eigenvalue weighted by Crippen LogP contribution is -2.36. The quantitative estimate of drug-likeness (QED) is 0.915. The van der Waals surface area contributed by atoms with Crippen LogP contribution in [0.3, 0.4) is 0 Å². The molecule has 21 heavy (non-hydrogen) atoms. The summed E-state index contributed by atoms with van der Waals surface area (Å²) in [5, 5.41) is 9.55. The number of fused-ring (bicyclic) bond motifs is 1. The lowest BCUT2D eigenvalue weighted by molar-refractivity contribution is 0.199. The second-order valence-electron chi connectivity index (χ2n) is 5.45. The van der Waals surface area contributed by atoms with Gasteiger partial charge in [0.2, 0.25) is 0 Å². The molecule has 0 saturated heterocycles. The van der Waals surface area contributed by atoms with E-state index in [1.165, 1.54) is 6.07 Å². The van der Waals surface area contributed by atoms with Crippen molar-refractivity contribution in [3.8, 4) is 0 Å². The maximum atomic E-state index is 14.4. The van der Waals surface area contributed by atoms with Gasteiger partial charge in [0.05, 0.1) is 23.2 Å². The highest BCUT2D eigenvalue weighted by Crippen LogP contribution is 2.38. The fraction of sp³-hybridized carbons (Fsp3) is 0.294. The summed E-state index contributed by atoms with van der Waals surface area (Å²) in [4.78, 5) is 4.17. The summed E-state index contributed by atoms with van der Waals surface area (Å²) in [6.45, 7) is 3.21. The van der Waals surface area contributed by atoms with Gasteiger partial charge in [0.1, 0.15) is 5.82 Å². The van der Waals surface area contributed by atoms with E-state index in [-0.39, 0.29) is 5.82 Å². The molecule has 3 rings (SSSR count).